The Morgan fingerprint density at radius 1 is 1.38 bits per heavy atom. The van der Waals surface area contributed by atoms with Crippen molar-refractivity contribution in [2.45, 2.75) is 18.5 Å². The van der Waals surface area contributed by atoms with Gasteiger partial charge in [-0.05, 0) is 30.7 Å². The average Bonchev–Trinajstić information content (AvgIpc) is 2.99. The van der Waals surface area contributed by atoms with Crippen molar-refractivity contribution < 1.29 is 17.6 Å². The quantitative estimate of drug-likeness (QED) is 0.813. The van der Waals surface area contributed by atoms with Crippen LogP contribution in [0.1, 0.15) is 18.2 Å². The van der Waals surface area contributed by atoms with Crippen LogP contribution in [0.2, 0.25) is 5.02 Å². The van der Waals surface area contributed by atoms with Crippen LogP contribution in [0.5, 0.6) is 0 Å². The number of carbonyl (C=O) groups is 1. The van der Waals surface area contributed by atoms with Crippen LogP contribution in [0, 0.1) is 5.82 Å². The monoisotopic (exact) mass is 401 g/mol. The average molecular weight is 402 g/mol. The third kappa shape index (κ3) is 3.58. The molecule has 2 N–H and O–H groups in total. The molecule has 1 saturated heterocycles. The minimum Gasteiger partial charge on any atom is -0.325 e. The van der Waals surface area contributed by atoms with E-state index in [0.29, 0.717) is 5.69 Å². The van der Waals surface area contributed by atoms with Crippen LogP contribution in [0.3, 0.4) is 0 Å². The molecule has 0 unspecified atom stereocenters. The predicted octanol–water partition coefficient (Wildman–Crippen LogP) is 1.43. The predicted molar refractivity (Wildman–Crippen MR) is 94.2 cm³/mol. The second-order valence-corrected chi connectivity index (χ2v) is 8.11. The standard InChI is InChI=1S/C15H17ClFN5O3S/c1-21-13(5-6-18-21)12-8-14(22(2)26(24,25)20-12)15(23)19-9-3-4-11(17)10(16)7-9/h3-7,12,14,20H,8H2,1-2H3,(H,19,23)/t12-,14+/m1/s1. The number of benzene rings is 1. The third-order valence-electron chi connectivity index (χ3n) is 4.27. The summed E-state index contributed by atoms with van der Waals surface area (Å²) >= 11 is 5.71. The zero-order valence-corrected chi connectivity index (χ0v) is 15.6. The maximum absolute atomic E-state index is 13.3. The summed E-state index contributed by atoms with van der Waals surface area (Å²) in [6.45, 7) is 0. The number of rotatable bonds is 3. The van der Waals surface area contributed by atoms with Crippen LogP contribution in [-0.2, 0) is 22.1 Å². The molecule has 140 valence electrons. The highest BCUT2D eigenvalue weighted by Crippen LogP contribution is 2.28. The van der Waals surface area contributed by atoms with Crippen LogP contribution in [0.4, 0.5) is 10.1 Å². The van der Waals surface area contributed by atoms with Gasteiger partial charge in [-0.3, -0.25) is 9.48 Å². The minimum atomic E-state index is -3.86. The highest BCUT2D eigenvalue weighted by molar-refractivity contribution is 7.87. The lowest BCUT2D eigenvalue weighted by molar-refractivity contribution is -0.120. The smallest absolute Gasteiger partial charge is 0.280 e. The first-order chi connectivity index (χ1) is 12.2. The van der Waals surface area contributed by atoms with Crippen molar-refractivity contribution in [1.29, 1.82) is 0 Å². The topological polar surface area (TPSA) is 96.3 Å². The van der Waals surface area contributed by atoms with Gasteiger partial charge in [0, 0.05) is 26.0 Å². The summed E-state index contributed by atoms with van der Waals surface area (Å²) in [6, 6.07) is 3.88. The molecule has 2 atom stereocenters. The van der Waals surface area contributed by atoms with Gasteiger partial charge in [0.15, 0.2) is 0 Å². The molecular weight excluding hydrogens is 385 g/mol. The molecule has 1 aromatic carbocycles. The van der Waals surface area contributed by atoms with Gasteiger partial charge in [-0.1, -0.05) is 11.6 Å². The van der Waals surface area contributed by atoms with Crippen molar-refractivity contribution in [3.05, 3.63) is 47.0 Å². The number of nitrogens with one attached hydrogen (secondary N) is 2. The lowest BCUT2D eigenvalue weighted by Crippen LogP contribution is -2.56. The SMILES string of the molecule is CN1[C@H](C(=O)Nc2ccc(F)c(Cl)c2)C[C@H](c2ccnn2C)NS1(=O)=O. The Bertz CT molecular complexity index is 949. The highest BCUT2D eigenvalue weighted by Gasteiger charge is 2.41. The first-order valence-corrected chi connectivity index (χ1v) is 9.50. The van der Waals surface area contributed by atoms with Gasteiger partial charge < -0.3 is 5.32 Å². The number of amides is 1. The second-order valence-electron chi connectivity index (χ2n) is 5.94. The van der Waals surface area contributed by atoms with Crippen LogP contribution in [0.25, 0.3) is 0 Å². The molecule has 26 heavy (non-hydrogen) atoms. The van der Waals surface area contributed by atoms with Gasteiger partial charge >= 0.3 is 0 Å². The lowest BCUT2D eigenvalue weighted by Gasteiger charge is -2.36. The van der Waals surface area contributed by atoms with Crippen molar-refractivity contribution in [3.8, 4) is 0 Å². The molecule has 8 nitrogen and oxygen atoms in total. The number of aryl methyl sites for hydroxylation is 1. The number of likely N-dealkylation sites (N-methyl/N-ethyl adjacent to an activating group) is 1. The highest BCUT2D eigenvalue weighted by atomic mass is 35.5. The van der Waals surface area contributed by atoms with Gasteiger partial charge in [-0.25, -0.2) is 4.39 Å². The molecule has 3 rings (SSSR count). The molecule has 2 heterocycles. The van der Waals surface area contributed by atoms with E-state index in [1.54, 1.807) is 24.0 Å². The van der Waals surface area contributed by atoms with Gasteiger partial charge in [0.05, 0.1) is 16.8 Å². The van der Waals surface area contributed by atoms with Crippen LogP contribution in [0.15, 0.2) is 30.5 Å². The van der Waals surface area contributed by atoms with Crippen molar-refractivity contribution in [2.24, 2.45) is 7.05 Å². The molecule has 11 heteroatoms. The zero-order chi connectivity index (χ0) is 19.1. The van der Waals surface area contributed by atoms with E-state index >= 15 is 0 Å². The number of halogens is 2. The molecular formula is C15H17ClFN5O3S. The van der Waals surface area contributed by atoms with E-state index in [1.807, 2.05) is 0 Å². The van der Waals surface area contributed by atoms with Gasteiger partial charge in [-0.2, -0.15) is 22.5 Å². The Kier molecular flexibility index (Phi) is 5.02. The normalized spacial score (nSPS) is 22.9. The summed E-state index contributed by atoms with van der Waals surface area (Å²) in [5.74, 6) is -1.14. The fourth-order valence-electron chi connectivity index (χ4n) is 2.83. The van der Waals surface area contributed by atoms with Crippen LogP contribution >= 0.6 is 11.6 Å². The fourth-order valence-corrected chi connectivity index (χ4v) is 4.27. The Labute approximate surface area is 155 Å². The van der Waals surface area contributed by atoms with Gasteiger partial charge in [0.25, 0.3) is 10.2 Å². The van der Waals surface area contributed by atoms with Crippen molar-refractivity contribution in [3.63, 3.8) is 0 Å². The molecule has 0 bridgehead atoms. The number of carbonyl (C=O) groups excluding carboxylic acids is 1. The summed E-state index contributed by atoms with van der Waals surface area (Å²) in [5, 5.41) is 6.48. The summed E-state index contributed by atoms with van der Waals surface area (Å²) in [5.41, 5.74) is 0.923. The van der Waals surface area contributed by atoms with E-state index in [0.717, 1.165) is 10.4 Å². The molecule has 1 fully saturated rings. The second kappa shape index (κ2) is 6.95. The Hall–Kier alpha value is -2.01. The van der Waals surface area contributed by atoms with Crippen molar-refractivity contribution in [1.82, 2.24) is 18.8 Å². The molecule has 0 aliphatic carbocycles. The van der Waals surface area contributed by atoms with Crippen LogP contribution in [-0.4, -0.2) is 41.5 Å². The lowest BCUT2D eigenvalue weighted by atomic mass is 10.0. The maximum Gasteiger partial charge on any atom is 0.280 e. The van der Waals surface area contributed by atoms with Gasteiger partial charge in [0.1, 0.15) is 11.9 Å². The molecule has 0 saturated carbocycles. The first-order valence-electron chi connectivity index (χ1n) is 7.68. The molecule has 0 spiro atoms. The Morgan fingerprint density at radius 2 is 2.12 bits per heavy atom. The first kappa shape index (κ1) is 18.8. The summed E-state index contributed by atoms with van der Waals surface area (Å²) in [7, 11) is -0.844. The Morgan fingerprint density at radius 3 is 2.73 bits per heavy atom. The number of nitrogens with zero attached hydrogens (tertiary/aromatic N) is 3. The van der Waals surface area contributed by atoms with Crippen LogP contribution < -0.4 is 10.0 Å². The molecule has 1 aromatic heterocycles. The van der Waals surface area contributed by atoms with E-state index in [9.17, 15) is 17.6 Å². The molecule has 1 aliphatic heterocycles. The Balaban J connectivity index is 1.85. The maximum atomic E-state index is 13.3. The summed E-state index contributed by atoms with van der Waals surface area (Å²) in [4.78, 5) is 12.7. The van der Waals surface area contributed by atoms with Crippen molar-refractivity contribution in [2.75, 3.05) is 12.4 Å². The van der Waals surface area contributed by atoms with E-state index < -0.39 is 34.0 Å². The van der Waals surface area contributed by atoms with Gasteiger partial charge in [0.2, 0.25) is 5.91 Å². The number of hydrogen-bond acceptors (Lipinski definition) is 4. The summed E-state index contributed by atoms with van der Waals surface area (Å²) in [6.07, 6.45) is 1.76. The molecule has 1 aliphatic rings. The summed E-state index contributed by atoms with van der Waals surface area (Å²) < 4.78 is 43.1. The van der Waals surface area contributed by atoms with Crippen molar-refractivity contribution >= 4 is 33.4 Å². The number of aromatic nitrogens is 2. The van der Waals surface area contributed by atoms with E-state index in [1.165, 1.54) is 19.2 Å². The van der Waals surface area contributed by atoms with E-state index in [-0.39, 0.29) is 17.1 Å². The molecule has 0 radical (unpaired) electrons. The molecule has 2 aromatic rings. The third-order valence-corrected chi connectivity index (χ3v) is 6.16. The largest absolute Gasteiger partial charge is 0.325 e. The fraction of sp³-hybridized carbons (Fsp3) is 0.333. The number of anilines is 1. The van der Waals surface area contributed by atoms with E-state index in [4.69, 9.17) is 11.6 Å². The van der Waals surface area contributed by atoms with E-state index in [2.05, 4.69) is 15.1 Å². The van der Waals surface area contributed by atoms with Gasteiger partial charge in [-0.15, -0.1) is 0 Å². The molecule has 1 amide bonds. The minimum absolute atomic E-state index is 0.137. The zero-order valence-electron chi connectivity index (χ0n) is 14.0. The number of hydrogen-bond donors (Lipinski definition) is 2.